The first-order valence-corrected chi connectivity index (χ1v) is 8.77. The van der Waals surface area contributed by atoms with E-state index in [0.29, 0.717) is 18.4 Å². The molecule has 3 rings (SSSR count). The van der Waals surface area contributed by atoms with Crippen molar-refractivity contribution in [3.05, 3.63) is 65.5 Å². The predicted molar refractivity (Wildman–Crippen MR) is 95.3 cm³/mol. The first-order chi connectivity index (χ1) is 12.0. The molecule has 0 aliphatic carbocycles. The third-order valence-electron chi connectivity index (χ3n) is 5.11. The van der Waals surface area contributed by atoms with Gasteiger partial charge >= 0.3 is 0 Å². The van der Waals surface area contributed by atoms with Gasteiger partial charge in [0.2, 0.25) is 0 Å². The molecule has 2 heterocycles. The molecule has 25 heavy (non-hydrogen) atoms. The third-order valence-corrected chi connectivity index (χ3v) is 5.11. The van der Waals surface area contributed by atoms with Crippen LogP contribution in [0.3, 0.4) is 0 Å². The summed E-state index contributed by atoms with van der Waals surface area (Å²) in [6, 6.07) is 8.69. The zero-order valence-electron chi connectivity index (χ0n) is 14.8. The van der Waals surface area contributed by atoms with Crippen molar-refractivity contribution in [2.24, 2.45) is 5.92 Å². The Labute approximate surface area is 148 Å². The van der Waals surface area contributed by atoms with Crippen molar-refractivity contribution >= 4 is 0 Å². The van der Waals surface area contributed by atoms with E-state index in [2.05, 4.69) is 34.9 Å². The van der Waals surface area contributed by atoms with Crippen molar-refractivity contribution < 1.29 is 8.78 Å². The number of halogens is 2. The normalized spacial score (nSPS) is 21.2. The molecule has 2 atom stereocenters. The van der Waals surface area contributed by atoms with Gasteiger partial charge in [-0.2, -0.15) is 0 Å². The molecular formula is C20H25F2N3. The van der Waals surface area contributed by atoms with E-state index in [9.17, 15) is 8.78 Å². The minimum absolute atomic E-state index is 0.388. The zero-order chi connectivity index (χ0) is 17.8. The van der Waals surface area contributed by atoms with Crippen molar-refractivity contribution in [2.45, 2.75) is 18.9 Å². The summed E-state index contributed by atoms with van der Waals surface area (Å²) in [5.74, 6) is -1.01. The Kier molecular flexibility index (Phi) is 5.76. The van der Waals surface area contributed by atoms with Crippen LogP contribution in [0.2, 0.25) is 0 Å². The lowest BCUT2D eigenvalue weighted by Gasteiger charge is -2.28. The lowest BCUT2D eigenvalue weighted by Crippen LogP contribution is -2.31. The standard InChI is InChI=1S/C20H25F2N3/c1-24(10-7-15-5-6-18(21)19(22)12-15)14-17-8-11-25(2)20(17)16-4-3-9-23-13-16/h3-6,9,12-13,17,20H,7-8,10-11,14H2,1-2H3/t17-,20-/m0/s1. The molecule has 3 nitrogen and oxygen atoms in total. The highest BCUT2D eigenvalue weighted by atomic mass is 19.2. The monoisotopic (exact) mass is 345 g/mol. The minimum Gasteiger partial charge on any atom is -0.306 e. The Morgan fingerprint density at radius 3 is 2.80 bits per heavy atom. The molecule has 0 N–H and O–H groups in total. The molecule has 1 aliphatic rings. The topological polar surface area (TPSA) is 19.4 Å². The van der Waals surface area contributed by atoms with Crippen molar-refractivity contribution in [3.63, 3.8) is 0 Å². The van der Waals surface area contributed by atoms with E-state index in [0.717, 1.165) is 31.6 Å². The summed E-state index contributed by atoms with van der Waals surface area (Å²) in [5, 5.41) is 0. The fraction of sp³-hybridized carbons (Fsp3) is 0.450. The first-order valence-electron chi connectivity index (χ1n) is 8.77. The summed E-state index contributed by atoms with van der Waals surface area (Å²) in [6.45, 7) is 2.89. The fourth-order valence-electron chi connectivity index (χ4n) is 3.80. The number of likely N-dealkylation sites (N-methyl/N-ethyl adjacent to an activating group) is 1. The highest BCUT2D eigenvalue weighted by molar-refractivity contribution is 5.18. The smallest absolute Gasteiger partial charge is 0.159 e. The van der Waals surface area contributed by atoms with E-state index in [1.165, 1.54) is 17.7 Å². The fourth-order valence-corrected chi connectivity index (χ4v) is 3.80. The van der Waals surface area contributed by atoms with Crippen molar-refractivity contribution in [1.29, 1.82) is 0 Å². The molecule has 0 saturated carbocycles. The quantitative estimate of drug-likeness (QED) is 0.798. The summed E-state index contributed by atoms with van der Waals surface area (Å²) in [6.07, 6.45) is 5.64. The second-order valence-electron chi connectivity index (χ2n) is 7.02. The number of aromatic nitrogens is 1. The molecule has 1 aromatic carbocycles. The van der Waals surface area contributed by atoms with Crippen LogP contribution < -0.4 is 0 Å². The van der Waals surface area contributed by atoms with Crippen molar-refractivity contribution in [3.8, 4) is 0 Å². The molecule has 0 radical (unpaired) electrons. The highest BCUT2D eigenvalue weighted by Gasteiger charge is 2.33. The van der Waals surface area contributed by atoms with Gasteiger partial charge in [0.1, 0.15) is 0 Å². The molecule has 0 bridgehead atoms. The van der Waals surface area contributed by atoms with E-state index in [-0.39, 0.29) is 0 Å². The van der Waals surface area contributed by atoms with Crippen LogP contribution in [0.1, 0.15) is 23.6 Å². The summed E-state index contributed by atoms with van der Waals surface area (Å²) >= 11 is 0. The summed E-state index contributed by atoms with van der Waals surface area (Å²) in [7, 11) is 4.26. The number of hydrogen-bond acceptors (Lipinski definition) is 3. The van der Waals surface area contributed by atoms with Crippen LogP contribution in [-0.4, -0.2) is 48.5 Å². The van der Waals surface area contributed by atoms with Crippen LogP contribution in [0.25, 0.3) is 0 Å². The molecular weight excluding hydrogens is 320 g/mol. The van der Waals surface area contributed by atoms with Gasteiger partial charge in [-0.3, -0.25) is 9.88 Å². The highest BCUT2D eigenvalue weighted by Crippen LogP contribution is 2.36. The van der Waals surface area contributed by atoms with Gasteiger partial charge in [0.05, 0.1) is 0 Å². The Morgan fingerprint density at radius 2 is 2.08 bits per heavy atom. The van der Waals surface area contributed by atoms with Crippen molar-refractivity contribution in [2.75, 3.05) is 33.7 Å². The second-order valence-corrected chi connectivity index (χ2v) is 7.02. The molecule has 1 saturated heterocycles. The Bertz CT molecular complexity index is 693. The maximum Gasteiger partial charge on any atom is 0.159 e. The van der Waals surface area contributed by atoms with Gasteiger partial charge in [-0.25, -0.2) is 8.78 Å². The minimum atomic E-state index is -0.787. The molecule has 0 unspecified atom stereocenters. The molecule has 1 aromatic heterocycles. The van der Waals surface area contributed by atoms with E-state index >= 15 is 0 Å². The first kappa shape index (κ1) is 18.0. The Hall–Kier alpha value is -1.85. The molecule has 134 valence electrons. The third kappa shape index (κ3) is 4.41. The number of rotatable bonds is 6. The second kappa shape index (κ2) is 8.02. The van der Waals surface area contributed by atoms with Gasteiger partial charge < -0.3 is 4.90 Å². The lowest BCUT2D eigenvalue weighted by atomic mass is 9.94. The molecule has 0 spiro atoms. The van der Waals surface area contributed by atoms with Gasteiger partial charge in [0.25, 0.3) is 0 Å². The van der Waals surface area contributed by atoms with Crippen LogP contribution in [-0.2, 0) is 6.42 Å². The number of benzene rings is 1. The van der Waals surface area contributed by atoms with E-state index < -0.39 is 11.6 Å². The number of hydrogen-bond donors (Lipinski definition) is 0. The summed E-state index contributed by atoms with van der Waals surface area (Å²) in [5.41, 5.74) is 2.10. The van der Waals surface area contributed by atoms with Crippen LogP contribution in [0.4, 0.5) is 8.78 Å². The number of pyridine rings is 1. The molecule has 2 aromatic rings. The van der Waals surface area contributed by atoms with Gasteiger partial charge in [-0.15, -0.1) is 0 Å². The number of nitrogens with zero attached hydrogens (tertiary/aromatic N) is 3. The van der Waals surface area contributed by atoms with E-state index in [1.54, 1.807) is 12.3 Å². The summed E-state index contributed by atoms with van der Waals surface area (Å²) in [4.78, 5) is 8.94. The Morgan fingerprint density at radius 1 is 1.24 bits per heavy atom. The van der Waals surface area contributed by atoms with Gasteiger partial charge in [-0.05, 0) is 68.7 Å². The van der Waals surface area contributed by atoms with Crippen LogP contribution in [0.15, 0.2) is 42.7 Å². The summed E-state index contributed by atoms with van der Waals surface area (Å²) < 4.78 is 26.3. The van der Waals surface area contributed by atoms with Gasteiger partial charge in [-0.1, -0.05) is 12.1 Å². The molecule has 1 fully saturated rings. The van der Waals surface area contributed by atoms with E-state index in [1.807, 2.05) is 12.3 Å². The number of likely N-dealkylation sites (tertiary alicyclic amines) is 1. The maximum absolute atomic E-state index is 13.3. The van der Waals surface area contributed by atoms with Crippen LogP contribution >= 0.6 is 0 Å². The van der Waals surface area contributed by atoms with Gasteiger partial charge in [0, 0.05) is 31.5 Å². The zero-order valence-corrected chi connectivity index (χ0v) is 14.8. The SMILES string of the molecule is CN(CCc1ccc(F)c(F)c1)C[C@@H]1CCN(C)[C@H]1c1cccnc1. The van der Waals surface area contributed by atoms with Gasteiger partial charge in [0.15, 0.2) is 11.6 Å². The van der Waals surface area contributed by atoms with Crippen molar-refractivity contribution in [1.82, 2.24) is 14.8 Å². The lowest BCUT2D eigenvalue weighted by molar-refractivity contribution is 0.219. The predicted octanol–water partition coefficient (Wildman–Crippen LogP) is 3.53. The molecule has 1 aliphatic heterocycles. The average molecular weight is 345 g/mol. The van der Waals surface area contributed by atoms with Crippen LogP contribution in [0.5, 0.6) is 0 Å². The van der Waals surface area contributed by atoms with Crippen LogP contribution in [0, 0.1) is 17.6 Å². The largest absolute Gasteiger partial charge is 0.306 e. The molecule has 0 amide bonds. The Balaban J connectivity index is 1.58. The van der Waals surface area contributed by atoms with E-state index in [4.69, 9.17) is 0 Å². The average Bonchev–Trinajstić information content (AvgIpc) is 2.97. The molecule has 5 heteroatoms. The maximum atomic E-state index is 13.3.